The van der Waals surface area contributed by atoms with Crippen molar-refractivity contribution in [3.8, 4) is 0 Å². The van der Waals surface area contributed by atoms with Crippen LogP contribution < -0.4 is 0 Å². The minimum atomic E-state index is 0.559. The summed E-state index contributed by atoms with van der Waals surface area (Å²) in [6, 6.07) is 8.11. The lowest BCUT2D eigenvalue weighted by molar-refractivity contribution is 0.256. The summed E-state index contributed by atoms with van der Waals surface area (Å²) in [5.74, 6) is 0.559. The van der Waals surface area contributed by atoms with Crippen molar-refractivity contribution >= 4 is 17.0 Å². The van der Waals surface area contributed by atoms with Gasteiger partial charge in [-0.2, -0.15) is 0 Å². The second kappa shape index (κ2) is 5.00. The molecule has 1 aliphatic rings. The number of nitrogens with zero attached hydrogens (tertiary/aromatic N) is 3. The van der Waals surface area contributed by atoms with Gasteiger partial charge in [0.1, 0.15) is 0 Å². The fourth-order valence-corrected chi connectivity index (χ4v) is 2.96. The van der Waals surface area contributed by atoms with Crippen LogP contribution in [0, 0.1) is 0 Å². The van der Waals surface area contributed by atoms with E-state index >= 15 is 0 Å². The zero-order chi connectivity index (χ0) is 13.2. The van der Waals surface area contributed by atoms with Gasteiger partial charge in [-0.1, -0.05) is 23.3 Å². The zero-order valence-corrected chi connectivity index (χ0v) is 11.0. The lowest BCUT2D eigenvalue weighted by atomic mass is 9.89. The molecule has 3 rings (SSSR count). The average molecular weight is 255 g/mol. The summed E-state index contributed by atoms with van der Waals surface area (Å²) in [7, 11) is 2.16. The minimum absolute atomic E-state index is 0.559. The van der Waals surface area contributed by atoms with Gasteiger partial charge in [0.05, 0.1) is 5.52 Å². The first-order valence-electron chi connectivity index (χ1n) is 6.66. The molecule has 1 saturated heterocycles. The van der Waals surface area contributed by atoms with Crippen molar-refractivity contribution in [1.82, 2.24) is 9.58 Å². The number of fused-ring (bicyclic) bond motifs is 1. The number of hydrogen-bond acceptors (Lipinski definition) is 3. The van der Waals surface area contributed by atoms with Gasteiger partial charge >= 0.3 is 0 Å². The molecule has 0 spiro atoms. The Bertz CT molecular complexity index is 632. The average Bonchev–Trinajstić information content (AvgIpc) is 2.80. The van der Waals surface area contributed by atoms with Crippen molar-refractivity contribution in [3.63, 3.8) is 0 Å². The number of aromatic nitrogens is 1. The molecular weight excluding hydrogens is 238 g/mol. The number of hydrogen-bond donors (Lipinski definition) is 0. The topological polar surface area (TPSA) is 37.6 Å². The molecule has 0 bridgehead atoms. The Kier molecular flexibility index (Phi) is 3.20. The van der Waals surface area contributed by atoms with Gasteiger partial charge in [0, 0.05) is 11.6 Å². The number of carbonyl (C=O) groups excluding carboxylic acids is 1. The third kappa shape index (κ3) is 2.21. The number of piperidine rings is 1. The first-order valence-corrected chi connectivity index (χ1v) is 6.66. The van der Waals surface area contributed by atoms with E-state index in [0.29, 0.717) is 5.92 Å². The molecular formula is C15H17N3O. The minimum Gasteiger partial charge on any atom is -0.306 e. The second-order valence-electron chi connectivity index (χ2n) is 5.21. The highest BCUT2D eigenvalue weighted by Crippen LogP contribution is 2.34. The highest BCUT2D eigenvalue weighted by molar-refractivity contribution is 5.84. The van der Waals surface area contributed by atoms with E-state index in [1.807, 2.05) is 24.4 Å². The van der Waals surface area contributed by atoms with Gasteiger partial charge in [0.2, 0.25) is 0 Å². The van der Waals surface area contributed by atoms with Crippen LogP contribution in [0.4, 0.5) is 0 Å². The summed E-state index contributed by atoms with van der Waals surface area (Å²) in [5.41, 5.74) is 2.29. The van der Waals surface area contributed by atoms with Gasteiger partial charge in [-0.3, -0.25) is 0 Å². The van der Waals surface area contributed by atoms with Crippen LogP contribution >= 0.6 is 0 Å². The van der Waals surface area contributed by atoms with E-state index in [9.17, 15) is 4.79 Å². The smallest absolute Gasteiger partial charge is 0.258 e. The SMILES string of the molecule is CN1CCC(c2cn(N=C=O)c3ccccc23)CC1. The molecule has 2 heterocycles. The van der Waals surface area contributed by atoms with E-state index in [2.05, 4.69) is 23.1 Å². The molecule has 1 aromatic heterocycles. The molecule has 1 aromatic carbocycles. The normalized spacial score (nSPS) is 17.5. The molecule has 2 aromatic rings. The summed E-state index contributed by atoms with van der Waals surface area (Å²) in [6.45, 7) is 2.25. The summed E-state index contributed by atoms with van der Waals surface area (Å²) >= 11 is 0. The summed E-state index contributed by atoms with van der Waals surface area (Å²) < 4.78 is 1.65. The van der Waals surface area contributed by atoms with Crippen LogP contribution in [0.3, 0.4) is 0 Å². The van der Waals surface area contributed by atoms with Crippen LogP contribution in [0.5, 0.6) is 0 Å². The Labute approximate surface area is 112 Å². The molecule has 0 unspecified atom stereocenters. The van der Waals surface area contributed by atoms with E-state index in [0.717, 1.165) is 31.4 Å². The Morgan fingerprint density at radius 3 is 2.74 bits per heavy atom. The Balaban J connectivity index is 2.06. The molecule has 1 aliphatic heterocycles. The van der Waals surface area contributed by atoms with Crippen LogP contribution in [0.2, 0.25) is 0 Å². The monoisotopic (exact) mass is 255 g/mol. The van der Waals surface area contributed by atoms with Crippen LogP contribution in [0.1, 0.15) is 24.3 Å². The molecule has 0 atom stereocenters. The van der Waals surface area contributed by atoms with E-state index in [1.165, 1.54) is 10.9 Å². The molecule has 98 valence electrons. The maximum absolute atomic E-state index is 10.5. The lowest BCUT2D eigenvalue weighted by Gasteiger charge is -2.28. The van der Waals surface area contributed by atoms with Crippen LogP contribution in [0.15, 0.2) is 35.6 Å². The highest BCUT2D eigenvalue weighted by atomic mass is 16.1. The van der Waals surface area contributed by atoms with Crippen LogP contribution in [-0.2, 0) is 4.79 Å². The predicted molar refractivity (Wildman–Crippen MR) is 74.9 cm³/mol. The largest absolute Gasteiger partial charge is 0.306 e. The van der Waals surface area contributed by atoms with Crippen molar-refractivity contribution in [2.75, 3.05) is 20.1 Å². The molecule has 0 N–H and O–H groups in total. The molecule has 4 heteroatoms. The number of likely N-dealkylation sites (tertiary alicyclic amines) is 1. The van der Waals surface area contributed by atoms with Gasteiger partial charge in [-0.05, 0) is 50.5 Å². The third-order valence-electron chi connectivity index (χ3n) is 4.03. The fraction of sp³-hybridized carbons (Fsp3) is 0.400. The number of benzene rings is 1. The Hall–Kier alpha value is -1.90. The standard InChI is InChI=1S/C15H17N3O/c1-17-8-6-12(7-9-17)14-10-18(16-11-19)15-5-3-2-4-13(14)15/h2-5,10,12H,6-9H2,1H3. The third-order valence-corrected chi connectivity index (χ3v) is 4.03. The van der Waals surface area contributed by atoms with E-state index in [4.69, 9.17) is 0 Å². The quantitative estimate of drug-likeness (QED) is 0.611. The van der Waals surface area contributed by atoms with Gasteiger partial charge in [0.25, 0.3) is 6.08 Å². The predicted octanol–water partition coefficient (Wildman–Crippen LogP) is 2.55. The molecule has 0 radical (unpaired) electrons. The van der Waals surface area contributed by atoms with E-state index < -0.39 is 0 Å². The summed E-state index contributed by atoms with van der Waals surface area (Å²) in [6.07, 6.45) is 5.94. The maximum atomic E-state index is 10.5. The van der Waals surface area contributed by atoms with Crippen molar-refractivity contribution in [3.05, 3.63) is 36.0 Å². The van der Waals surface area contributed by atoms with Gasteiger partial charge in [0.15, 0.2) is 0 Å². The molecule has 0 amide bonds. The van der Waals surface area contributed by atoms with Crippen molar-refractivity contribution < 1.29 is 4.79 Å². The highest BCUT2D eigenvalue weighted by Gasteiger charge is 2.22. The molecule has 0 saturated carbocycles. The molecule has 0 aliphatic carbocycles. The molecule has 1 fully saturated rings. The van der Waals surface area contributed by atoms with E-state index in [-0.39, 0.29) is 0 Å². The maximum Gasteiger partial charge on any atom is 0.258 e. The number of isocyanates is 1. The second-order valence-corrected chi connectivity index (χ2v) is 5.21. The van der Waals surface area contributed by atoms with Gasteiger partial charge < -0.3 is 4.90 Å². The Morgan fingerprint density at radius 2 is 2.00 bits per heavy atom. The van der Waals surface area contributed by atoms with Crippen molar-refractivity contribution in [2.24, 2.45) is 5.10 Å². The van der Waals surface area contributed by atoms with Crippen LogP contribution in [-0.4, -0.2) is 35.8 Å². The first kappa shape index (κ1) is 12.2. The van der Waals surface area contributed by atoms with Crippen LogP contribution in [0.25, 0.3) is 10.9 Å². The summed E-state index contributed by atoms with van der Waals surface area (Å²) in [5, 5.41) is 4.97. The fourth-order valence-electron chi connectivity index (χ4n) is 2.96. The Morgan fingerprint density at radius 1 is 1.26 bits per heavy atom. The zero-order valence-electron chi connectivity index (χ0n) is 11.0. The number of rotatable bonds is 2. The number of para-hydroxylation sites is 1. The summed E-state index contributed by atoms with van der Waals surface area (Å²) in [4.78, 5) is 12.9. The molecule has 4 nitrogen and oxygen atoms in total. The van der Waals surface area contributed by atoms with E-state index in [1.54, 1.807) is 10.8 Å². The van der Waals surface area contributed by atoms with Crippen molar-refractivity contribution in [1.29, 1.82) is 0 Å². The van der Waals surface area contributed by atoms with Gasteiger partial charge in [-0.25, -0.2) is 9.47 Å². The first-order chi connectivity index (χ1) is 9.29. The van der Waals surface area contributed by atoms with Crippen molar-refractivity contribution in [2.45, 2.75) is 18.8 Å². The molecule has 19 heavy (non-hydrogen) atoms. The lowest BCUT2D eigenvalue weighted by Crippen LogP contribution is -2.29. The van der Waals surface area contributed by atoms with Gasteiger partial charge in [-0.15, -0.1) is 0 Å².